The molecule has 2 aliphatic heterocycles. The zero-order chi connectivity index (χ0) is 16.5. The Labute approximate surface area is 140 Å². The van der Waals surface area contributed by atoms with Gasteiger partial charge in [0.25, 0.3) is 0 Å². The van der Waals surface area contributed by atoms with Crippen LogP contribution in [0.15, 0.2) is 81.8 Å². The molecule has 24 heavy (non-hydrogen) atoms. The van der Waals surface area contributed by atoms with Crippen LogP contribution in [0.5, 0.6) is 0 Å². The molecule has 2 N–H and O–H groups in total. The molecule has 0 aromatic heterocycles. The molecule has 0 bridgehead atoms. The summed E-state index contributed by atoms with van der Waals surface area (Å²) in [4.78, 5) is 9.60. The van der Waals surface area contributed by atoms with Crippen LogP contribution < -0.4 is 0 Å². The first-order valence-corrected chi connectivity index (χ1v) is 7.64. The second-order valence-corrected chi connectivity index (χ2v) is 5.55. The number of nitrogens with zero attached hydrogens (tertiary/aromatic N) is 2. The predicted molar refractivity (Wildman–Crippen MR) is 93.0 cm³/mol. The van der Waals surface area contributed by atoms with E-state index in [1.54, 1.807) is 0 Å². The lowest BCUT2D eigenvalue weighted by Crippen LogP contribution is -2.21. The summed E-state index contributed by atoms with van der Waals surface area (Å²) in [5.41, 5.74) is 5.32. The normalized spacial score (nSPS) is 21.8. The Hall–Kier alpha value is -2.70. The van der Waals surface area contributed by atoms with Crippen molar-refractivity contribution in [1.82, 2.24) is 0 Å². The van der Waals surface area contributed by atoms with Gasteiger partial charge in [0.05, 0.1) is 28.7 Å². The average molecular weight is 317 g/mol. The predicted octanol–water partition coefficient (Wildman–Crippen LogP) is 2.46. The van der Waals surface area contributed by atoms with Crippen molar-refractivity contribution in [3.63, 3.8) is 0 Å². The Morgan fingerprint density at radius 3 is 2.83 bits per heavy atom. The van der Waals surface area contributed by atoms with Gasteiger partial charge in [0.1, 0.15) is 11.5 Å². The van der Waals surface area contributed by atoms with Crippen LogP contribution in [0.3, 0.4) is 0 Å². The topological polar surface area (TPSA) is 74.4 Å². The van der Waals surface area contributed by atoms with Crippen molar-refractivity contribution in [2.24, 2.45) is 9.98 Å². The second-order valence-electron chi connectivity index (χ2n) is 5.55. The summed E-state index contributed by atoms with van der Waals surface area (Å²) in [5, 5.41) is 14.0. The summed E-state index contributed by atoms with van der Waals surface area (Å²) in [6.45, 7) is 0. The Bertz CT molecular complexity index is 878. The summed E-state index contributed by atoms with van der Waals surface area (Å²) in [5.74, 6) is 1.83. The minimum atomic E-state index is 0. The van der Waals surface area contributed by atoms with Gasteiger partial charge in [0.15, 0.2) is 0 Å². The highest BCUT2D eigenvalue weighted by Gasteiger charge is 2.36. The summed E-state index contributed by atoms with van der Waals surface area (Å²) in [6, 6.07) is 8.27. The molecule has 2 heterocycles. The average Bonchev–Trinajstić information content (AvgIpc) is 3.00. The number of para-hydroxylation sites is 1. The van der Waals surface area contributed by atoms with Gasteiger partial charge >= 0.3 is 7.69 Å². The molecule has 117 valence electrons. The number of aliphatic imine (C=N–C) groups is 2. The third-order valence-corrected chi connectivity index (χ3v) is 4.18. The first kappa shape index (κ1) is 14.9. The van der Waals surface area contributed by atoms with Gasteiger partial charge in [-0.1, -0.05) is 30.4 Å². The Kier molecular flexibility index (Phi) is 3.76. The van der Waals surface area contributed by atoms with Crippen LogP contribution in [0.2, 0.25) is 0 Å². The summed E-state index contributed by atoms with van der Waals surface area (Å²) in [7, 11) is 0. The molecule has 1 aromatic rings. The zero-order valence-electron chi connectivity index (χ0n) is 12.8. The first-order chi connectivity index (χ1) is 11.8. The van der Waals surface area contributed by atoms with E-state index in [4.69, 9.17) is 24.8 Å². The van der Waals surface area contributed by atoms with Gasteiger partial charge in [-0.15, -0.1) is 0 Å². The fraction of sp³-hybridized carbons (Fsp3) is 0.111. The summed E-state index contributed by atoms with van der Waals surface area (Å²) < 4.78 is 6.03. The van der Waals surface area contributed by atoms with Crippen molar-refractivity contribution in [3.05, 3.63) is 77.4 Å². The number of benzene rings is 1. The number of hydrogen-bond donors (Lipinski definition) is 2. The van der Waals surface area contributed by atoms with E-state index in [2.05, 4.69) is 24.3 Å². The van der Waals surface area contributed by atoms with E-state index >= 15 is 0 Å². The van der Waals surface area contributed by atoms with Gasteiger partial charge in [-0.05, 0) is 29.9 Å². The van der Waals surface area contributed by atoms with Gasteiger partial charge in [-0.3, -0.25) is 4.99 Å². The van der Waals surface area contributed by atoms with Gasteiger partial charge in [-0.25, -0.2) is 4.99 Å². The molecule has 4 aliphatic rings. The maximum atomic E-state index is 7.00. The van der Waals surface area contributed by atoms with Crippen molar-refractivity contribution >= 4 is 24.8 Å². The van der Waals surface area contributed by atoms with Crippen molar-refractivity contribution in [3.8, 4) is 0 Å². The molecular formula is C18H14BN2O3. The molecule has 1 unspecified atom stereocenters. The minimum Gasteiger partial charge on any atom is -0.453 e. The number of allylic oxidation sites excluding steroid dienone is 7. The van der Waals surface area contributed by atoms with Crippen molar-refractivity contribution < 1.29 is 14.8 Å². The molecule has 5 rings (SSSR count). The molecule has 2 aliphatic carbocycles. The number of rotatable bonds is 0. The molecule has 5 nitrogen and oxygen atoms in total. The standard InChI is InChI=1S/C18H12N2O.BH2O2/c1-2-6-12-11(5-1)17-14(19-12)9-10-16-18(17)20-13-7-3-4-8-15(13)21-16;2-1-3/h1-6,8-10,17H,7H2;2-3H. The van der Waals surface area contributed by atoms with E-state index < -0.39 is 0 Å². The van der Waals surface area contributed by atoms with E-state index in [1.807, 2.05) is 30.4 Å². The van der Waals surface area contributed by atoms with E-state index in [0.717, 1.165) is 40.7 Å². The van der Waals surface area contributed by atoms with Gasteiger partial charge in [0, 0.05) is 6.42 Å². The van der Waals surface area contributed by atoms with Gasteiger partial charge in [-0.2, -0.15) is 0 Å². The Morgan fingerprint density at radius 1 is 1.12 bits per heavy atom. The third-order valence-electron chi connectivity index (χ3n) is 4.18. The number of hydrogen-bond acceptors (Lipinski definition) is 5. The van der Waals surface area contributed by atoms with E-state index in [1.165, 1.54) is 5.56 Å². The molecule has 0 saturated carbocycles. The SMILES string of the molecule is C1=CCC2=NC3=C(C=CC4=Nc5ccccc5C43)OC2=C1.O[B]O. The minimum absolute atomic E-state index is 0. The van der Waals surface area contributed by atoms with E-state index in [-0.39, 0.29) is 13.6 Å². The highest BCUT2D eigenvalue weighted by molar-refractivity contribution is 6.13. The molecule has 0 saturated heterocycles. The highest BCUT2D eigenvalue weighted by atomic mass is 16.5. The quantitative estimate of drug-likeness (QED) is 0.722. The van der Waals surface area contributed by atoms with Crippen LogP contribution >= 0.6 is 0 Å². The van der Waals surface area contributed by atoms with Crippen LogP contribution in [0.4, 0.5) is 5.69 Å². The van der Waals surface area contributed by atoms with Crippen molar-refractivity contribution in [1.29, 1.82) is 0 Å². The van der Waals surface area contributed by atoms with Crippen LogP contribution in [0.25, 0.3) is 0 Å². The Morgan fingerprint density at radius 2 is 1.96 bits per heavy atom. The molecule has 0 amide bonds. The zero-order valence-corrected chi connectivity index (χ0v) is 12.8. The monoisotopic (exact) mass is 317 g/mol. The number of ether oxygens (including phenoxy) is 1. The fourth-order valence-corrected chi connectivity index (χ4v) is 3.20. The van der Waals surface area contributed by atoms with Crippen molar-refractivity contribution in [2.45, 2.75) is 12.3 Å². The lowest BCUT2D eigenvalue weighted by atomic mass is 9.88. The smallest absolute Gasteiger partial charge is 0.453 e. The molecule has 1 atom stereocenters. The third kappa shape index (κ3) is 2.36. The molecule has 0 spiro atoms. The van der Waals surface area contributed by atoms with E-state index in [0.29, 0.717) is 0 Å². The molecule has 6 heteroatoms. The summed E-state index contributed by atoms with van der Waals surface area (Å²) >= 11 is 0. The molecule has 1 radical (unpaired) electrons. The van der Waals surface area contributed by atoms with Gasteiger partial charge in [0.2, 0.25) is 0 Å². The lowest BCUT2D eigenvalue weighted by molar-refractivity contribution is 0.329. The second kappa shape index (κ2) is 6.07. The largest absolute Gasteiger partial charge is 0.482 e. The first-order valence-electron chi connectivity index (χ1n) is 7.64. The maximum Gasteiger partial charge on any atom is 0.482 e. The molecule has 0 fully saturated rings. The van der Waals surface area contributed by atoms with Crippen LogP contribution in [0, 0.1) is 0 Å². The number of fused-ring (bicyclic) bond motifs is 5. The molecular weight excluding hydrogens is 303 g/mol. The lowest BCUT2D eigenvalue weighted by Gasteiger charge is -2.27. The van der Waals surface area contributed by atoms with Crippen molar-refractivity contribution in [2.75, 3.05) is 0 Å². The Balaban J connectivity index is 0.000000455. The van der Waals surface area contributed by atoms with Crippen LogP contribution in [-0.2, 0) is 4.74 Å². The fourth-order valence-electron chi connectivity index (χ4n) is 3.20. The maximum absolute atomic E-state index is 7.00. The molecule has 1 aromatic carbocycles. The summed E-state index contributed by atoms with van der Waals surface area (Å²) in [6.07, 6.45) is 11.0. The van der Waals surface area contributed by atoms with Crippen LogP contribution in [-0.4, -0.2) is 29.2 Å². The van der Waals surface area contributed by atoms with E-state index in [9.17, 15) is 0 Å². The highest BCUT2D eigenvalue weighted by Crippen LogP contribution is 2.45. The van der Waals surface area contributed by atoms with Crippen LogP contribution in [0.1, 0.15) is 17.9 Å². The van der Waals surface area contributed by atoms with Gasteiger partial charge < -0.3 is 14.8 Å².